The van der Waals surface area contributed by atoms with Gasteiger partial charge in [-0.1, -0.05) is 17.8 Å². The van der Waals surface area contributed by atoms with Gasteiger partial charge in [0.05, 0.1) is 22.7 Å². The van der Waals surface area contributed by atoms with Gasteiger partial charge in [-0.2, -0.15) is 18.3 Å². The van der Waals surface area contributed by atoms with E-state index in [0.29, 0.717) is 11.7 Å². The first kappa shape index (κ1) is 22.0. The van der Waals surface area contributed by atoms with Crippen LogP contribution in [0.5, 0.6) is 0 Å². The standard InChI is InChI=1S/C19H16F3N7OS2/c20-19(21,22)13-3-4-16(29-11-23-10-25-29)15(8-13)26-17(30)9-32-18-27-24-12-28(18)6-5-14-2-1-7-31-14/h1-4,7-8,10-12H,5-6,9H2,(H,26,30). The van der Waals surface area contributed by atoms with Crippen LogP contribution in [0.15, 0.2) is 59.9 Å². The molecule has 3 aromatic heterocycles. The van der Waals surface area contributed by atoms with Crippen LogP contribution in [-0.2, 0) is 23.9 Å². The molecule has 4 rings (SSSR count). The number of nitrogens with one attached hydrogen (secondary N) is 1. The number of carbonyl (C=O) groups is 1. The number of amides is 1. The van der Waals surface area contributed by atoms with Crippen LogP contribution in [0.1, 0.15) is 10.4 Å². The number of halogens is 3. The fourth-order valence-electron chi connectivity index (χ4n) is 2.86. The number of rotatable bonds is 8. The van der Waals surface area contributed by atoms with Crippen LogP contribution in [0.2, 0.25) is 0 Å². The molecule has 32 heavy (non-hydrogen) atoms. The van der Waals surface area contributed by atoms with Crippen LogP contribution < -0.4 is 5.32 Å². The fraction of sp³-hybridized carbons (Fsp3) is 0.211. The molecule has 0 unspecified atom stereocenters. The maximum absolute atomic E-state index is 13.2. The molecule has 0 radical (unpaired) electrons. The zero-order valence-electron chi connectivity index (χ0n) is 16.4. The summed E-state index contributed by atoms with van der Waals surface area (Å²) in [5.41, 5.74) is -0.624. The van der Waals surface area contributed by atoms with Crippen molar-refractivity contribution in [1.82, 2.24) is 29.5 Å². The van der Waals surface area contributed by atoms with Crippen molar-refractivity contribution in [2.24, 2.45) is 0 Å². The molecule has 13 heteroatoms. The molecule has 0 saturated heterocycles. The van der Waals surface area contributed by atoms with Crippen molar-refractivity contribution in [1.29, 1.82) is 0 Å². The number of thioether (sulfide) groups is 1. The average molecular weight is 480 g/mol. The molecule has 0 bridgehead atoms. The van der Waals surface area contributed by atoms with Crippen molar-refractivity contribution in [2.75, 3.05) is 11.1 Å². The van der Waals surface area contributed by atoms with Gasteiger partial charge in [-0.15, -0.1) is 21.5 Å². The lowest BCUT2D eigenvalue weighted by atomic mass is 10.1. The number of carbonyl (C=O) groups excluding carboxylic acids is 1. The Morgan fingerprint density at radius 1 is 1.22 bits per heavy atom. The molecular weight excluding hydrogens is 463 g/mol. The van der Waals surface area contributed by atoms with Crippen LogP contribution in [0, 0.1) is 0 Å². The van der Waals surface area contributed by atoms with Gasteiger partial charge in [0.25, 0.3) is 0 Å². The normalized spacial score (nSPS) is 11.6. The Bertz CT molecular complexity index is 1170. The SMILES string of the molecule is O=C(CSc1nncn1CCc1cccs1)Nc1cc(C(F)(F)F)ccc1-n1cncn1. The molecule has 166 valence electrons. The van der Waals surface area contributed by atoms with Crippen molar-refractivity contribution in [2.45, 2.75) is 24.3 Å². The topological polar surface area (TPSA) is 90.5 Å². The third-order valence-electron chi connectivity index (χ3n) is 4.36. The van der Waals surface area contributed by atoms with Gasteiger partial charge in [0.1, 0.15) is 19.0 Å². The Labute approximate surface area is 188 Å². The summed E-state index contributed by atoms with van der Waals surface area (Å²) in [6.07, 6.45) is 0.434. The number of hydrogen-bond donors (Lipinski definition) is 1. The van der Waals surface area contributed by atoms with Gasteiger partial charge in [-0.25, -0.2) is 9.67 Å². The maximum Gasteiger partial charge on any atom is 0.416 e. The molecule has 0 aliphatic carbocycles. The third-order valence-corrected chi connectivity index (χ3v) is 6.27. The van der Waals surface area contributed by atoms with E-state index in [4.69, 9.17) is 0 Å². The van der Waals surface area contributed by atoms with Gasteiger partial charge in [-0.3, -0.25) is 4.79 Å². The zero-order chi connectivity index (χ0) is 22.6. The van der Waals surface area contributed by atoms with Crippen LogP contribution in [0.25, 0.3) is 5.69 Å². The largest absolute Gasteiger partial charge is 0.416 e. The summed E-state index contributed by atoms with van der Waals surface area (Å²) in [6, 6.07) is 7.06. The van der Waals surface area contributed by atoms with Gasteiger partial charge in [0.2, 0.25) is 5.91 Å². The van der Waals surface area contributed by atoms with Gasteiger partial charge in [0, 0.05) is 11.4 Å². The highest BCUT2D eigenvalue weighted by Crippen LogP contribution is 2.33. The van der Waals surface area contributed by atoms with E-state index >= 15 is 0 Å². The smallest absolute Gasteiger partial charge is 0.323 e. The summed E-state index contributed by atoms with van der Waals surface area (Å²) >= 11 is 2.81. The summed E-state index contributed by atoms with van der Waals surface area (Å²) < 4.78 is 42.6. The molecule has 4 aromatic rings. The first-order valence-electron chi connectivity index (χ1n) is 9.29. The fourth-order valence-corrected chi connectivity index (χ4v) is 4.30. The summed E-state index contributed by atoms with van der Waals surface area (Å²) in [4.78, 5) is 17.6. The van der Waals surface area contributed by atoms with Crippen molar-refractivity contribution < 1.29 is 18.0 Å². The predicted octanol–water partition coefficient (Wildman–Crippen LogP) is 3.91. The highest BCUT2D eigenvalue weighted by molar-refractivity contribution is 7.99. The minimum atomic E-state index is -4.55. The number of anilines is 1. The van der Waals surface area contributed by atoms with Gasteiger partial charge in [-0.05, 0) is 36.1 Å². The Balaban J connectivity index is 1.44. The van der Waals surface area contributed by atoms with Gasteiger partial charge in [0.15, 0.2) is 5.16 Å². The monoisotopic (exact) mass is 479 g/mol. The summed E-state index contributed by atoms with van der Waals surface area (Å²) in [6.45, 7) is 0.654. The second kappa shape index (κ2) is 9.53. The van der Waals surface area contributed by atoms with Crippen molar-refractivity contribution in [3.63, 3.8) is 0 Å². The number of thiophene rings is 1. The lowest BCUT2D eigenvalue weighted by Crippen LogP contribution is -2.17. The van der Waals surface area contributed by atoms with Crippen LogP contribution in [0.3, 0.4) is 0 Å². The number of benzene rings is 1. The molecule has 1 N–H and O–H groups in total. The van der Waals surface area contributed by atoms with Crippen LogP contribution in [0.4, 0.5) is 18.9 Å². The highest BCUT2D eigenvalue weighted by atomic mass is 32.2. The number of nitrogens with zero attached hydrogens (tertiary/aromatic N) is 6. The summed E-state index contributed by atoms with van der Waals surface area (Å²) in [7, 11) is 0. The molecule has 0 atom stereocenters. The molecule has 0 aliphatic rings. The number of alkyl halides is 3. The second-order valence-electron chi connectivity index (χ2n) is 6.54. The van der Waals surface area contributed by atoms with Gasteiger partial charge >= 0.3 is 6.18 Å². The van der Waals surface area contributed by atoms with Crippen molar-refractivity contribution in [3.8, 4) is 5.69 Å². The lowest BCUT2D eigenvalue weighted by molar-refractivity contribution is -0.137. The van der Waals surface area contributed by atoms with Crippen LogP contribution >= 0.6 is 23.1 Å². The molecule has 1 aromatic carbocycles. The Kier molecular flexibility index (Phi) is 6.55. The predicted molar refractivity (Wildman–Crippen MR) is 114 cm³/mol. The van der Waals surface area contributed by atoms with E-state index in [1.807, 2.05) is 22.1 Å². The van der Waals surface area contributed by atoms with E-state index in [0.717, 1.165) is 30.3 Å². The van der Waals surface area contributed by atoms with Crippen molar-refractivity contribution in [3.05, 3.63) is 65.1 Å². The lowest BCUT2D eigenvalue weighted by Gasteiger charge is -2.14. The number of aromatic nitrogens is 6. The number of aryl methyl sites for hydroxylation is 2. The Hall–Kier alpha value is -3.19. The van der Waals surface area contributed by atoms with E-state index in [1.54, 1.807) is 17.7 Å². The minimum Gasteiger partial charge on any atom is -0.323 e. The first-order valence-corrected chi connectivity index (χ1v) is 11.2. The minimum absolute atomic E-state index is 0.0184. The Morgan fingerprint density at radius 2 is 2.09 bits per heavy atom. The highest BCUT2D eigenvalue weighted by Gasteiger charge is 2.31. The first-order chi connectivity index (χ1) is 15.4. The number of hydrogen-bond acceptors (Lipinski definition) is 7. The molecule has 0 fully saturated rings. The van der Waals surface area contributed by atoms with E-state index in [9.17, 15) is 18.0 Å². The third kappa shape index (κ3) is 5.34. The van der Waals surface area contributed by atoms with Crippen molar-refractivity contribution >= 4 is 34.7 Å². The summed E-state index contributed by atoms with van der Waals surface area (Å²) in [5.74, 6) is -0.534. The Morgan fingerprint density at radius 3 is 2.81 bits per heavy atom. The maximum atomic E-state index is 13.2. The van der Waals surface area contributed by atoms with E-state index < -0.39 is 17.6 Å². The molecule has 3 heterocycles. The molecular formula is C19H16F3N7OS2. The molecule has 0 saturated carbocycles. The van der Waals surface area contributed by atoms with Gasteiger partial charge < -0.3 is 9.88 Å². The second-order valence-corrected chi connectivity index (χ2v) is 8.52. The molecule has 0 spiro atoms. The van der Waals surface area contributed by atoms with E-state index in [-0.39, 0.29) is 17.1 Å². The van der Waals surface area contributed by atoms with E-state index in [2.05, 4.69) is 25.6 Å². The average Bonchev–Trinajstić information content (AvgIpc) is 3.53. The summed E-state index contributed by atoms with van der Waals surface area (Å²) in [5, 5.41) is 17.0. The molecule has 0 aliphatic heterocycles. The quantitative estimate of drug-likeness (QED) is 0.386. The molecule has 1 amide bonds. The van der Waals surface area contributed by atoms with E-state index in [1.165, 1.54) is 28.3 Å². The zero-order valence-corrected chi connectivity index (χ0v) is 18.0. The van der Waals surface area contributed by atoms with Crippen LogP contribution in [-0.4, -0.2) is 41.2 Å². The molecule has 8 nitrogen and oxygen atoms in total.